The number of anilines is 1. The van der Waals surface area contributed by atoms with E-state index in [4.69, 9.17) is 12.6 Å². The largest absolute Gasteiger partial charge is 0.464 e. The maximum absolute atomic E-state index is 5.78. The zero-order chi connectivity index (χ0) is 11.0. The Morgan fingerprint density at radius 2 is 1.75 bits per heavy atom. The summed E-state index contributed by atoms with van der Waals surface area (Å²) in [4.78, 5) is 0. The van der Waals surface area contributed by atoms with E-state index < -0.39 is 0 Å². The lowest BCUT2D eigenvalue weighted by atomic mass is 9.95. The van der Waals surface area contributed by atoms with Crippen LogP contribution in [0.15, 0.2) is 48.5 Å². The molecule has 1 unspecified atom stereocenters. The standard InChI is InChI=1S/C13H10BNO/c14-10-7-5-9(6-8-10)13-15-11-3-1-2-4-12(11)16-13/h1-8,13,15H. The van der Waals surface area contributed by atoms with Gasteiger partial charge in [-0.2, -0.15) is 0 Å². The molecular weight excluding hydrogens is 197 g/mol. The molecule has 2 radical (unpaired) electrons. The van der Waals surface area contributed by atoms with E-state index in [0.29, 0.717) is 0 Å². The summed E-state index contributed by atoms with van der Waals surface area (Å²) in [6.45, 7) is 0. The molecule has 0 fully saturated rings. The van der Waals surface area contributed by atoms with Crippen LogP contribution in [0.2, 0.25) is 0 Å². The van der Waals surface area contributed by atoms with Crippen LogP contribution in [0.25, 0.3) is 0 Å². The Hall–Kier alpha value is -1.90. The van der Waals surface area contributed by atoms with Crippen molar-refractivity contribution >= 4 is 19.0 Å². The van der Waals surface area contributed by atoms with Crippen LogP contribution in [0, 0.1) is 0 Å². The highest BCUT2D eigenvalue weighted by Crippen LogP contribution is 2.36. The summed E-state index contributed by atoms with van der Waals surface area (Å²) in [5.74, 6) is 0.893. The second-order valence-corrected chi connectivity index (χ2v) is 3.81. The zero-order valence-electron chi connectivity index (χ0n) is 8.68. The summed E-state index contributed by atoms with van der Waals surface area (Å²) in [7, 11) is 5.65. The quantitative estimate of drug-likeness (QED) is 0.722. The summed E-state index contributed by atoms with van der Waals surface area (Å²) in [6, 6.07) is 15.6. The predicted octanol–water partition coefficient (Wildman–Crippen LogP) is 1.98. The highest BCUT2D eigenvalue weighted by atomic mass is 16.5. The third-order valence-electron chi connectivity index (χ3n) is 2.66. The van der Waals surface area contributed by atoms with E-state index in [2.05, 4.69) is 5.32 Å². The molecule has 2 aromatic rings. The van der Waals surface area contributed by atoms with Gasteiger partial charge in [0.15, 0.2) is 6.23 Å². The van der Waals surface area contributed by atoms with E-state index in [0.717, 1.165) is 22.5 Å². The average Bonchev–Trinajstić information content (AvgIpc) is 2.73. The Bertz CT molecular complexity index is 485. The SMILES string of the molecule is [B]c1ccc(C2Nc3ccccc3O2)cc1. The van der Waals surface area contributed by atoms with Gasteiger partial charge in [-0.15, -0.1) is 0 Å². The number of nitrogens with one attached hydrogen (secondary N) is 1. The smallest absolute Gasteiger partial charge is 0.196 e. The van der Waals surface area contributed by atoms with E-state index in [1.54, 1.807) is 0 Å². The van der Waals surface area contributed by atoms with Gasteiger partial charge in [0.1, 0.15) is 13.6 Å². The van der Waals surface area contributed by atoms with Crippen molar-refractivity contribution in [2.45, 2.75) is 6.23 Å². The minimum absolute atomic E-state index is 0.113. The number of fused-ring (bicyclic) bond motifs is 1. The third-order valence-corrected chi connectivity index (χ3v) is 2.66. The molecule has 1 N–H and O–H groups in total. The van der Waals surface area contributed by atoms with Gasteiger partial charge in [0.2, 0.25) is 0 Å². The lowest BCUT2D eigenvalue weighted by Crippen LogP contribution is -2.11. The van der Waals surface area contributed by atoms with E-state index in [-0.39, 0.29) is 6.23 Å². The van der Waals surface area contributed by atoms with E-state index >= 15 is 0 Å². The van der Waals surface area contributed by atoms with Gasteiger partial charge in [-0.1, -0.05) is 41.9 Å². The number of rotatable bonds is 1. The topological polar surface area (TPSA) is 21.3 Å². The van der Waals surface area contributed by atoms with E-state index in [1.165, 1.54) is 0 Å². The lowest BCUT2D eigenvalue weighted by molar-refractivity contribution is 0.260. The monoisotopic (exact) mass is 207 g/mol. The molecule has 1 atom stereocenters. The maximum atomic E-state index is 5.78. The first kappa shape index (κ1) is 9.34. The maximum Gasteiger partial charge on any atom is 0.196 e. The van der Waals surface area contributed by atoms with Gasteiger partial charge >= 0.3 is 0 Å². The molecule has 1 aliphatic rings. The molecule has 16 heavy (non-hydrogen) atoms. The molecule has 2 aromatic carbocycles. The summed E-state index contributed by atoms with van der Waals surface area (Å²) in [5, 5.41) is 3.31. The van der Waals surface area contributed by atoms with Crippen molar-refractivity contribution in [3.8, 4) is 5.75 Å². The van der Waals surface area contributed by atoms with Crippen LogP contribution < -0.4 is 15.5 Å². The zero-order valence-corrected chi connectivity index (χ0v) is 8.68. The molecule has 0 saturated carbocycles. The normalized spacial score (nSPS) is 17.4. The van der Waals surface area contributed by atoms with Gasteiger partial charge in [-0.3, -0.25) is 0 Å². The second-order valence-electron chi connectivity index (χ2n) is 3.81. The molecule has 0 amide bonds. The van der Waals surface area contributed by atoms with Gasteiger partial charge in [-0.05, 0) is 12.1 Å². The third kappa shape index (κ3) is 1.54. The first-order valence-electron chi connectivity index (χ1n) is 5.20. The van der Waals surface area contributed by atoms with Gasteiger partial charge in [-0.25, -0.2) is 0 Å². The molecule has 3 heteroatoms. The first-order valence-corrected chi connectivity index (χ1v) is 5.20. The Labute approximate surface area is 95.7 Å². The molecular formula is C13H10BNO. The fraction of sp³-hybridized carbons (Fsp3) is 0.0769. The van der Waals surface area contributed by atoms with Gasteiger partial charge in [0.05, 0.1) is 5.69 Å². The number of ether oxygens (including phenoxy) is 1. The van der Waals surface area contributed by atoms with Gasteiger partial charge in [0.25, 0.3) is 0 Å². The van der Waals surface area contributed by atoms with Crippen molar-refractivity contribution in [1.29, 1.82) is 0 Å². The fourth-order valence-electron chi connectivity index (χ4n) is 1.81. The number of hydrogen-bond donors (Lipinski definition) is 1. The highest BCUT2D eigenvalue weighted by molar-refractivity contribution is 6.32. The van der Waals surface area contributed by atoms with Crippen LogP contribution in [0.4, 0.5) is 5.69 Å². The summed E-state index contributed by atoms with van der Waals surface area (Å²) < 4.78 is 5.78. The molecule has 0 aromatic heterocycles. The fourth-order valence-corrected chi connectivity index (χ4v) is 1.81. The number of benzene rings is 2. The first-order chi connectivity index (χ1) is 7.83. The number of para-hydroxylation sites is 2. The van der Waals surface area contributed by atoms with Crippen LogP contribution in [0.1, 0.15) is 11.8 Å². The Morgan fingerprint density at radius 3 is 2.50 bits per heavy atom. The van der Waals surface area contributed by atoms with Crippen LogP contribution in [0.3, 0.4) is 0 Å². The van der Waals surface area contributed by atoms with Crippen molar-refractivity contribution < 1.29 is 4.74 Å². The molecule has 0 aliphatic carbocycles. The molecule has 3 rings (SSSR count). The molecule has 2 nitrogen and oxygen atoms in total. The van der Waals surface area contributed by atoms with Crippen LogP contribution >= 0.6 is 0 Å². The summed E-state index contributed by atoms with van der Waals surface area (Å²) in [5.41, 5.74) is 2.87. The molecule has 0 spiro atoms. The van der Waals surface area contributed by atoms with Gasteiger partial charge in [0, 0.05) is 5.56 Å². The van der Waals surface area contributed by atoms with Crippen molar-refractivity contribution in [1.82, 2.24) is 0 Å². The van der Waals surface area contributed by atoms with Crippen LogP contribution in [0.5, 0.6) is 5.75 Å². The minimum atomic E-state index is -0.113. The van der Waals surface area contributed by atoms with E-state index in [1.807, 2.05) is 48.5 Å². The van der Waals surface area contributed by atoms with Crippen LogP contribution in [-0.4, -0.2) is 7.85 Å². The molecule has 0 saturated heterocycles. The Kier molecular flexibility index (Phi) is 2.10. The molecule has 1 heterocycles. The van der Waals surface area contributed by atoms with E-state index in [9.17, 15) is 0 Å². The summed E-state index contributed by atoms with van der Waals surface area (Å²) in [6.07, 6.45) is -0.113. The van der Waals surface area contributed by atoms with Crippen LogP contribution in [-0.2, 0) is 0 Å². The molecule has 1 aliphatic heterocycles. The van der Waals surface area contributed by atoms with Crippen molar-refractivity contribution in [2.75, 3.05) is 5.32 Å². The van der Waals surface area contributed by atoms with Crippen molar-refractivity contribution in [2.24, 2.45) is 0 Å². The van der Waals surface area contributed by atoms with Gasteiger partial charge < -0.3 is 10.1 Å². The van der Waals surface area contributed by atoms with Crippen molar-refractivity contribution in [3.63, 3.8) is 0 Å². The lowest BCUT2D eigenvalue weighted by Gasteiger charge is -2.11. The average molecular weight is 207 g/mol. The predicted molar refractivity (Wildman–Crippen MR) is 65.3 cm³/mol. The summed E-state index contributed by atoms with van der Waals surface area (Å²) >= 11 is 0. The number of hydrogen-bond acceptors (Lipinski definition) is 2. The minimum Gasteiger partial charge on any atom is -0.464 e. The Balaban J connectivity index is 1.88. The molecule has 0 bridgehead atoms. The highest BCUT2D eigenvalue weighted by Gasteiger charge is 2.22. The Morgan fingerprint density at radius 1 is 1.00 bits per heavy atom. The van der Waals surface area contributed by atoms with Crippen molar-refractivity contribution in [3.05, 3.63) is 54.1 Å². The molecule has 76 valence electrons. The second kappa shape index (κ2) is 3.60.